The Morgan fingerprint density at radius 1 is 1.20 bits per heavy atom. The van der Waals surface area contributed by atoms with Crippen LogP contribution in [0.2, 0.25) is 0 Å². The fourth-order valence-electron chi connectivity index (χ4n) is 0.834. The summed E-state index contributed by atoms with van der Waals surface area (Å²) in [6.07, 6.45) is 5.55. The molecule has 58 valence electrons. The zero-order valence-electron chi connectivity index (χ0n) is 6.56. The molecular formula is C8H19KO. The van der Waals surface area contributed by atoms with Crippen LogP contribution in [0.15, 0.2) is 0 Å². The van der Waals surface area contributed by atoms with E-state index in [0.29, 0.717) is 0 Å². The van der Waals surface area contributed by atoms with Crippen molar-refractivity contribution in [3.63, 3.8) is 0 Å². The molecule has 2 heteroatoms. The minimum absolute atomic E-state index is 0. The number of hydrogen-bond acceptors (Lipinski definition) is 1. The summed E-state index contributed by atoms with van der Waals surface area (Å²) in [5.41, 5.74) is 0. The summed E-state index contributed by atoms with van der Waals surface area (Å²) >= 11 is 0. The topological polar surface area (TPSA) is 20.2 Å². The van der Waals surface area contributed by atoms with E-state index < -0.39 is 0 Å². The fraction of sp³-hybridized carbons (Fsp3) is 1.00. The third-order valence-corrected chi connectivity index (χ3v) is 1.61. The van der Waals surface area contributed by atoms with Gasteiger partial charge in [0.25, 0.3) is 0 Å². The van der Waals surface area contributed by atoms with Crippen LogP contribution in [0.4, 0.5) is 0 Å². The summed E-state index contributed by atoms with van der Waals surface area (Å²) in [7, 11) is 0. The Labute approximate surface area is 107 Å². The standard InChI is InChI=1S/C8H18O.K.H/c1-3-5-6-7-8(9)4-2;;/h8-9H,3-7H2,1-2H3;;. The molecule has 1 atom stereocenters. The van der Waals surface area contributed by atoms with Gasteiger partial charge in [-0.3, -0.25) is 0 Å². The molecule has 1 N–H and O–H groups in total. The van der Waals surface area contributed by atoms with E-state index >= 15 is 0 Å². The average Bonchev–Trinajstić information content (AvgIpc) is 1.89. The second kappa shape index (κ2) is 10.6. The molecule has 0 bridgehead atoms. The number of aliphatic hydroxyl groups excluding tert-OH is 1. The molecular weight excluding hydrogens is 151 g/mol. The van der Waals surface area contributed by atoms with E-state index in [-0.39, 0.29) is 57.5 Å². The van der Waals surface area contributed by atoms with Gasteiger partial charge in [0.2, 0.25) is 0 Å². The first-order chi connectivity index (χ1) is 4.31. The van der Waals surface area contributed by atoms with Gasteiger partial charge < -0.3 is 5.11 Å². The van der Waals surface area contributed by atoms with Crippen LogP contribution >= 0.6 is 0 Å². The van der Waals surface area contributed by atoms with Crippen molar-refractivity contribution in [3.8, 4) is 0 Å². The Balaban J connectivity index is 0. The number of unbranched alkanes of at least 4 members (excludes halogenated alkanes) is 2. The Bertz CT molecular complexity index is 57.2. The Morgan fingerprint density at radius 2 is 1.80 bits per heavy atom. The van der Waals surface area contributed by atoms with Gasteiger partial charge in [-0.25, -0.2) is 0 Å². The first-order valence-electron chi connectivity index (χ1n) is 3.99. The van der Waals surface area contributed by atoms with Crippen LogP contribution in [0.25, 0.3) is 0 Å². The Hall–Kier alpha value is 1.60. The van der Waals surface area contributed by atoms with E-state index in [0.717, 1.165) is 12.8 Å². The monoisotopic (exact) mass is 170 g/mol. The normalized spacial score (nSPS) is 12.3. The first kappa shape index (κ1) is 14.1. The predicted octanol–water partition coefficient (Wildman–Crippen LogP) is 1.69. The zero-order chi connectivity index (χ0) is 7.11. The molecule has 0 aromatic heterocycles. The third-order valence-electron chi connectivity index (χ3n) is 1.61. The van der Waals surface area contributed by atoms with Gasteiger partial charge >= 0.3 is 51.4 Å². The first-order valence-corrected chi connectivity index (χ1v) is 3.99. The van der Waals surface area contributed by atoms with Gasteiger partial charge in [-0.15, -0.1) is 0 Å². The number of hydrogen-bond donors (Lipinski definition) is 1. The van der Waals surface area contributed by atoms with Crippen molar-refractivity contribution in [2.45, 2.75) is 52.1 Å². The molecule has 0 aliphatic heterocycles. The molecule has 1 nitrogen and oxygen atoms in total. The van der Waals surface area contributed by atoms with Crippen LogP contribution in [0.5, 0.6) is 0 Å². The van der Waals surface area contributed by atoms with Crippen LogP contribution in [-0.4, -0.2) is 62.6 Å². The van der Waals surface area contributed by atoms with E-state index in [9.17, 15) is 0 Å². The number of aliphatic hydroxyl groups is 1. The van der Waals surface area contributed by atoms with Crippen LogP contribution in [0.3, 0.4) is 0 Å². The summed E-state index contributed by atoms with van der Waals surface area (Å²) in [6.45, 7) is 4.20. The van der Waals surface area contributed by atoms with E-state index in [1.807, 2.05) is 6.92 Å². The van der Waals surface area contributed by atoms with Crippen LogP contribution in [0.1, 0.15) is 46.0 Å². The van der Waals surface area contributed by atoms with Gasteiger partial charge in [0.1, 0.15) is 0 Å². The van der Waals surface area contributed by atoms with Crippen molar-refractivity contribution >= 4 is 51.4 Å². The molecule has 0 saturated carbocycles. The zero-order valence-corrected chi connectivity index (χ0v) is 6.56. The maximum atomic E-state index is 9.08. The summed E-state index contributed by atoms with van der Waals surface area (Å²) < 4.78 is 0. The minimum atomic E-state index is -0.0449. The van der Waals surface area contributed by atoms with Gasteiger partial charge in [-0.05, 0) is 12.8 Å². The average molecular weight is 170 g/mol. The van der Waals surface area contributed by atoms with Crippen molar-refractivity contribution in [2.75, 3.05) is 0 Å². The molecule has 0 aliphatic carbocycles. The molecule has 0 aromatic carbocycles. The van der Waals surface area contributed by atoms with Crippen LogP contribution in [-0.2, 0) is 0 Å². The summed E-state index contributed by atoms with van der Waals surface area (Å²) in [6, 6.07) is 0. The molecule has 0 aliphatic rings. The Morgan fingerprint density at radius 3 is 2.20 bits per heavy atom. The Kier molecular flexibility index (Phi) is 15.0. The van der Waals surface area contributed by atoms with E-state index in [1.165, 1.54) is 19.3 Å². The molecule has 0 aromatic rings. The SMILES string of the molecule is CCCCCC(O)CC.[KH]. The molecule has 0 heterocycles. The molecule has 1 unspecified atom stereocenters. The van der Waals surface area contributed by atoms with Crippen molar-refractivity contribution in [2.24, 2.45) is 0 Å². The summed E-state index contributed by atoms with van der Waals surface area (Å²) in [5.74, 6) is 0. The molecule has 0 spiro atoms. The predicted molar refractivity (Wildman–Crippen MR) is 47.6 cm³/mol. The van der Waals surface area contributed by atoms with Crippen molar-refractivity contribution in [1.82, 2.24) is 0 Å². The summed E-state index contributed by atoms with van der Waals surface area (Å²) in [4.78, 5) is 0. The van der Waals surface area contributed by atoms with Crippen molar-refractivity contribution in [1.29, 1.82) is 0 Å². The van der Waals surface area contributed by atoms with Gasteiger partial charge in [-0.2, -0.15) is 0 Å². The second-order valence-electron chi connectivity index (χ2n) is 2.56. The van der Waals surface area contributed by atoms with Crippen molar-refractivity contribution < 1.29 is 5.11 Å². The van der Waals surface area contributed by atoms with Gasteiger partial charge in [0.15, 0.2) is 0 Å². The third kappa shape index (κ3) is 9.60. The number of rotatable bonds is 5. The molecule has 0 saturated heterocycles. The quantitative estimate of drug-likeness (QED) is 0.492. The van der Waals surface area contributed by atoms with E-state index in [1.54, 1.807) is 0 Å². The fourth-order valence-corrected chi connectivity index (χ4v) is 0.834. The molecule has 0 rings (SSSR count). The molecule has 0 radical (unpaired) electrons. The van der Waals surface area contributed by atoms with E-state index in [2.05, 4.69) is 6.92 Å². The van der Waals surface area contributed by atoms with Gasteiger partial charge in [0.05, 0.1) is 6.10 Å². The second-order valence-corrected chi connectivity index (χ2v) is 2.56. The molecule has 10 heavy (non-hydrogen) atoms. The van der Waals surface area contributed by atoms with Crippen LogP contribution < -0.4 is 0 Å². The van der Waals surface area contributed by atoms with E-state index in [4.69, 9.17) is 5.11 Å². The maximum absolute atomic E-state index is 9.08. The van der Waals surface area contributed by atoms with Gasteiger partial charge in [0, 0.05) is 0 Å². The summed E-state index contributed by atoms with van der Waals surface area (Å²) in [5, 5.41) is 9.08. The van der Waals surface area contributed by atoms with Crippen molar-refractivity contribution in [3.05, 3.63) is 0 Å². The molecule has 0 fully saturated rings. The molecule has 0 amide bonds. The van der Waals surface area contributed by atoms with Gasteiger partial charge in [-0.1, -0.05) is 33.1 Å². The van der Waals surface area contributed by atoms with Crippen LogP contribution in [0, 0.1) is 0 Å².